The van der Waals surface area contributed by atoms with Crippen LogP contribution in [0.5, 0.6) is 5.75 Å². The van der Waals surface area contributed by atoms with Crippen molar-refractivity contribution in [1.29, 1.82) is 0 Å². The van der Waals surface area contributed by atoms with Gasteiger partial charge in [0.2, 0.25) is 0 Å². The minimum absolute atomic E-state index is 0.221. The number of pyridine rings is 2. The fraction of sp³-hybridized carbons (Fsp3) is 0.423. The predicted octanol–water partition coefficient (Wildman–Crippen LogP) is 3.98. The molecule has 1 saturated heterocycles. The summed E-state index contributed by atoms with van der Waals surface area (Å²) in [6, 6.07) is 11.0. The molecule has 0 amide bonds. The van der Waals surface area contributed by atoms with Crippen molar-refractivity contribution in [2.75, 3.05) is 26.8 Å². The normalized spacial score (nSPS) is 17.9. The van der Waals surface area contributed by atoms with Gasteiger partial charge >= 0.3 is 0 Å². The number of likely N-dealkylation sites (tertiary alicyclic amines) is 1. The molecule has 0 aliphatic carbocycles. The molecule has 2 atom stereocenters. The van der Waals surface area contributed by atoms with Gasteiger partial charge in [-0.3, -0.25) is 9.30 Å². The summed E-state index contributed by atoms with van der Waals surface area (Å²) in [6.07, 6.45) is 3.08. The van der Waals surface area contributed by atoms with E-state index in [2.05, 4.69) is 34.3 Å². The second-order valence-corrected chi connectivity index (χ2v) is 9.90. The molecule has 0 saturated carbocycles. The topological polar surface area (TPSA) is 90.8 Å². The minimum atomic E-state index is -0.655. The van der Waals surface area contributed by atoms with Crippen molar-refractivity contribution in [2.24, 2.45) is 5.73 Å². The molecule has 2 N–H and O–H groups in total. The standard InChI is InChI=1S/C26H31FN6O2/c1-16(32-10-9-20(28)14-32)18-6-8-23-30-31-25(33(23)13-18)21-7-5-17-11-19(27)12-22(24(17)29-21)35-26(2,3)15-34-4/h5-8,11-13,16,20H,9-10,14-15,28H2,1-4H3/t16-,20-/m0/s1. The fourth-order valence-electron chi connectivity index (χ4n) is 4.75. The number of hydrogen-bond acceptors (Lipinski definition) is 7. The highest BCUT2D eigenvalue weighted by Crippen LogP contribution is 2.32. The molecule has 0 radical (unpaired) electrons. The van der Waals surface area contributed by atoms with E-state index in [0.717, 1.165) is 30.7 Å². The Balaban J connectivity index is 1.55. The van der Waals surface area contributed by atoms with Crippen molar-refractivity contribution in [2.45, 2.75) is 44.9 Å². The molecule has 1 aliphatic rings. The molecule has 4 aromatic rings. The molecule has 5 rings (SSSR count). The molecule has 8 nitrogen and oxygen atoms in total. The third kappa shape index (κ3) is 4.71. The van der Waals surface area contributed by atoms with Gasteiger partial charge in [-0.1, -0.05) is 12.1 Å². The summed E-state index contributed by atoms with van der Waals surface area (Å²) >= 11 is 0. The molecule has 1 fully saturated rings. The Labute approximate surface area is 203 Å². The number of methoxy groups -OCH3 is 1. The summed E-state index contributed by atoms with van der Waals surface area (Å²) in [5.74, 6) is 0.585. The van der Waals surface area contributed by atoms with Gasteiger partial charge in [0.15, 0.2) is 11.5 Å². The molecule has 1 aliphatic heterocycles. The number of halogens is 1. The summed E-state index contributed by atoms with van der Waals surface area (Å²) in [5, 5.41) is 9.40. The summed E-state index contributed by atoms with van der Waals surface area (Å²) in [7, 11) is 1.61. The number of hydrogen-bond donors (Lipinski definition) is 1. The van der Waals surface area contributed by atoms with E-state index in [4.69, 9.17) is 20.2 Å². The van der Waals surface area contributed by atoms with Crippen LogP contribution in [0.15, 0.2) is 42.6 Å². The average molecular weight is 479 g/mol. The number of fused-ring (bicyclic) bond motifs is 2. The smallest absolute Gasteiger partial charge is 0.187 e. The lowest BCUT2D eigenvalue weighted by atomic mass is 10.1. The van der Waals surface area contributed by atoms with E-state index in [1.807, 2.05) is 36.4 Å². The van der Waals surface area contributed by atoms with E-state index in [-0.39, 0.29) is 17.9 Å². The molecule has 0 unspecified atom stereocenters. The summed E-state index contributed by atoms with van der Waals surface area (Å²) in [4.78, 5) is 7.23. The maximum atomic E-state index is 14.3. The summed E-state index contributed by atoms with van der Waals surface area (Å²) in [6.45, 7) is 8.19. The van der Waals surface area contributed by atoms with Crippen LogP contribution in [0.2, 0.25) is 0 Å². The number of aromatic nitrogens is 4. The van der Waals surface area contributed by atoms with Crippen molar-refractivity contribution in [1.82, 2.24) is 24.5 Å². The first kappa shape index (κ1) is 23.6. The van der Waals surface area contributed by atoms with Crippen molar-refractivity contribution >= 4 is 16.6 Å². The van der Waals surface area contributed by atoms with Crippen LogP contribution in [-0.2, 0) is 4.74 Å². The third-order valence-electron chi connectivity index (χ3n) is 6.54. The van der Waals surface area contributed by atoms with E-state index in [1.54, 1.807) is 7.11 Å². The molecule has 3 aromatic heterocycles. The lowest BCUT2D eigenvalue weighted by molar-refractivity contribution is 0.0188. The van der Waals surface area contributed by atoms with E-state index in [9.17, 15) is 4.39 Å². The Hall–Kier alpha value is -3.14. The third-order valence-corrected chi connectivity index (χ3v) is 6.54. The Kier molecular flexibility index (Phi) is 6.16. The van der Waals surface area contributed by atoms with Gasteiger partial charge in [-0.05, 0) is 51.0 Å². The van der Waals surface area contributed by atoms with Crippen molar-refractivity contribution in [3.8, 4) is 17.3 Å². The lowest BCUT2D eigenvalue weighted by Crippen LogP contribution is -2.33. The Morgan fingerprint density at radius 3 is 2.77 bits per heavy atom. The van der Waals surface area contributed by atoms with Crippen LogP contribution < -0.4 is 10.5 Å². The first-order valence-corrected chi connectivity index (χ1v) is 11.9. The average Bonchev–Trinajstić information content (AvgIpc) is 3.44. The molecule has 9 heteroatoms. The SMILES string of the molecule is COCC(C)(C)Oc1cc(F)cc2ccc(-c3nnc4ccc([C@H](C)N5CC[C@H](N)C5)cn34)nc12. The quantitative estimate of drug-likeness (QED) is 0.430. The number of nitrogens with zero attached hydrogens (tertiary/aromatic N) is 5. The maximum Gasteiger partial charge on any atom is 0.187 e. The van der Waals surface area contributed by atoms with Crippen LogP contribution in [0, 0.1) is 5.82 Å². The van der Waals surface area contributed by atoms with Crippen LogP contribution in [-0.4, -0.2) is 62.9 Å². The van der Waals surface area contributed by atoms with Crippen LogP contribution in [0.4, 0.5) is 4.39 Å². The molecule has 1 aromatic carbocycles. The van der Waals surface area contributed by atoms with Crippen molar-refractivity contribution in [3.05, 3.63) is 54.0 Å². The molecular weight excluding hydrogens is 447 g/mol. The zero-order valence-electron chi connectivity index (χ0n) is 20.5. The molecule has 184 valence electrons. The van der Waals surface area contributed by atoms with Crippen molar-refractivity contribution < 1.29 is 13.9 Å². The van der Waals surface area contributed by atoms with E-state index >= 15 is 0 Å². The van der Waals surface area contributed by atoms with Gasteiger partial charge in [-0.25, -0.2) is 9.37 Å². The van der Waals surface area contributed by atoms with Crippen LogP contribution in [0.1, 0.15) is 38.8 Å². The Morgan fingerprint density at radius 2 is 2.03 bits per heavy atom. The molecular formula is C26H31FN6O2. The monoisotopic (exact) mass is 478 g/mol. The number of ether oxygens (including phenoxy) is 2. The first-order chi connectivity index (χ1) is 16.7. The number of nitrogens with two attached hydrogens (primary N) is 1. The zero-order valence-corrected chi connectivity index (χ0v) is 20.5. The zero-order chi connectivity index (χ0) is 24.7. The summed E-state index contributed by atoms with van der Waals surface area (Å²) in [5.41, 5.74) is 8.53. The van der Waals surface area contributed by atoms with Gasteiger partial charge in [-0.2, -0.15) is 0 Å². The molecule has 0 spiro atoms. The largest absolute Gasteiger partial charge is 0.483 e. The number of benzene rings is 1. The van der Waals surface area contributed by atoms with E-state index < -0.39 is 5.60 Å². The highest BCUT2D eigenvalue weighted by molar-refractivity contribution is 5.86. The van der Waals surface area contributed by atoms with Crippen LogP contribution in [0.3, 0.4) is 0 Å². The van der Waals surface area contributed by atoms with E-state index in [0.29, 0.717) is 34.8 Å². The predicted molar refractivity (Wildman–Crippen MR) is 133 cm³/mol. The van der Waals surface area contributed by atoms with E-state index in [1.165, 1.54) is 12.1 Å². The minimum Gasteiger partial charge on any atom is -0.483 e. The van der Waals surface area contributed by atoms with Gasteiger partial charge in [-0.15, -0.1) is 10.2 Å². The summed E-state index contributed by atoms with van der Waals surface area (Å²) < 4.78 is 27.7. The number of rotatable bonds is 7. The van der Waals surface area contributed by atoms with Gasteiger partial charge in [0.25, 0.3) is 0 Å². The Morgan fingerprint density at radius 1 is 1.20 bits per heavy atom. The van der Waals surface area contributed by atoms with Gasteiger partial charge in [0, 0.05) is 49.9 Å². The highest BCUT2D eigenvalue weighted by Gasteiger charge is 2.25. The molecule has 4 heterocycles. The highest BCUT2D eigenvalue weighted by atomic mass is 19.1. The fourth-order valence-corrected chi connectivity index (χ4v) is 4.75. The van der Waals surface area contributed by atoms with Crippen LogP contribution in [0.25, 0.3) is 28.1 Å². The van der Waals surface area contributed by atoms with Crippen LogP contribution >= 0.6 is 0 Å². The maximum absolute atomic E-state index is 14.3. The Bertz CT molecular complexity index is 1370. The molecule has 0 bridgehead atoms. The van der Waals surface area contributed by atoms with Gasteiger partial charge < -0.3 is 15.2 Å². The first-order valence-electron chi connectivity index (χ1n) is 11.9. The van der Waals surface area contributed by atoms with Gasteiger partial charge in [0.1, 0.15) is 28.4 Å². The van der Waals surface area contributed by atoms with Crippen molar-refractivity contribution in [3.63, 3.8) is 0 Å². The van der Waals surface area contributed by atoms with Gasteiger partial charge in [0.05, 0.1) is 6.61 Å². The second kappa shape index (κ2) is 9.14. The second-order valence-electron chi connectivity index (χ2n) is 9.90. The molecule has 35 heavy (non-hydrogen) atoms. The lowest BCUT2D eigenvalue weighted by Gasteiger charge is -2.26.